The number of aryl methyl sites for hydroxylation is 1. The molecule has 0 spiro atoms. The highest BCUT2D eigenvalue weighted by atomic mass is 16.5. The van der Waals surface area contributed by atoms with Crippen LogP contribution in [0.2, 0.25) is 0 Å². The Hall–Kier alpha value is -4.33. The molecule has 0 radical (unpaired) electrons. The van der Waals surface area contributed by atoms with E-state index in [0.717, 1.165) is 5.56 Å². The summed E-state index contributed by atoms with van der Waals surface area (Å²) in [5.41, 5.74) is 2.96. The molecule has 2 amide bonds. The number of hydrogen-bond acceptors (Lipinski definition) is 5. The van der Waals surface area contributed by atoms with Gasteiger partial charge in [-0.15, -0.1) is 0 Å². The van der Waals surface area contributed by atoms with Crippen molar-refractivity contribution >= 4 is 23.1 Å². The molecular formula is C24H22N4O4. The standard InChI is InChI=1S/C24H22N4O4/c1-16-10-11-28-22(12-16)25-18(14-23(28)29)15-32-21-9-4-3-8-20(21)27-24(30)26-17-6-5-7-19(13-17)31-2/h3-14H,15H2,1-2H3,(H2,26,27,30). The maximum atomic E-state index is 12.5. The van der Waals surface area contributed by atoms with Gasteiger partial charge in [0, 0.05) is 24.0 Å². The summed E-state index contributed by atoms with van der Waals surface area (Å²) in [5.74, 6) is 1.10. The number of anilines is 2. The van der Waals surface area contributed by atoms with Gasteiger partial charge in [-0.2, -0.15) is 0 Å². The minimum atomic E-state index is -0.424. The Labute approximate surface area is 184 Å². The molecule has 2 aromatic carbocycles. The molecule has 162 valence electrons. The van der Waals surface area contributed by atoms with E-state index < -0.39 is 6.03 Å². The highest BCUT2D eigenvalue weighted by molar-refractivity contribution is 6.00. The molecule has 0 saturated heterocycles. The first kappa shape index (κ1) is 20.9. The Balaban J connectivity index is 1.47. The van der Waals surface area contributed by atoms with Crippen molar-refractivity contribution in [3.8, 4) is 11.5 Å². The van der Waals surface area contributed by atoms with Crippen molar-refractivity contribution in [2.75, 3.05) is 17.7 Å². The lowest BCUT2D eigenvalue weighted by Gasteiger charge is -2.13. The van der Waals surface area contributed by atoms with Gasteiger partial charge in [-0.25, -0.2) is 9.78 Å². The van der Waals surface area contributed by atoms with Crippen LogP contribution in [0.25, 0.3) is 5.65 Å². The predicted octanol–water partition coefficient (Wildman–Crippen LogP) is 4.23. The summed E-state index contributed by atoms with van der Waals surface area (Å²) in [6.07, 6.45) is 1.70. The zero-order valence-corrected chi connectivity index (χ0v) is 17.7. The number of methoxy groups -OCH3 is 1. The van der Waals surface area contributed by atoms with Gasteiger partial charge in [0.2, 0.25) is 0 Å². The maximum absolute atomic E-state index is 12.5. The molecule has 8 nitrogen and oxygen atoms in total. The van der Waals surface area contributed by atoms with E-state index in [9.17, 15) is 9.59 Å². The topological polar surface area (TPSA) is 94.0 Å². The molecule has 0 aliphatic heterocycles. The molecule has 0 atom stereocenters. The molecule has 32 heavy (non-hydrogen) atoms. The van der Waals surface area contributed by atoms with E-state index in [2.05, 4.69) is 15.6 Å². The molecule has 2 heterocycles. The van der Waals surface area contributed by atoms with Crippen molar-refractivity contribution in [3.05, 3.63) is 94.5 Å². The number of ether oxygens (including phenoxy) is 2. The van der Waals surface area contributed by atoms with Gasteiger partial charge in [-0.3, -0.25) is 9.20 Å². The molecule has 0 saturated carbocycles. The lowest BCUT2D eigenvalue weighted by Crippen LogP contribution is -2.20. The number of nitrogens with one attached hydrogen (secondary N) is 2. The second-order valence-electron chi connectivity index (χ2n) is 7.11. The van der Waals surface area contributed by atoms with Gasteiger partial charge in [-0.1, -0.05) is 18.2 Å². The van der Waals surface area contributed by atoms with Crippen LogP contribution in [-0.2, 0) is 6.61 Å². The van der Waals surface area contributed by atoms with E-state index >= 15 is 0 Å². The van der Waals surface area contributed by atoms with Gasteiger partial charge >= 0.3 is 6.03 Å². The SMILES string of the molecule is COc1cccc(NC(=O)Nc2ccccc2OCc2cc(=O)n3ccc(C)cc3n2)c1. The monoisotopic (exact) mass is 430 g/mol. The number of hydrogen-bond donors (Lipinski definition) is 2. The molecule has 2 aromatic heterocycles. The van der Waals surface area contributed by atoms with Crippen molar-refractivity contribution in [1.29, 1.82) is 0 Å². The molecule has 0 aliphatic rings. The second-order valence-corrected chi connectivity index (χ2v) is 7.11. The van der Waals surface area contributed by atoms with E-state index in [1.807, 2.05) is 19.1 Å². The van der Waals surface area contributed by atoms with Crippen LogP contribution in [0.15, 0.2) is 77.7 Å². The number of fused-ring (bicyclic) bond motifs is 1. The Morgan fingerprint density at radius 3 is 2.72 bits per heavy atom. The lowest BCUT2D eigenvalue weighted by atomic mass is 10.3. The van der Waals surface area contributed by atoms with Crippen LogP contribution < -0.4 is 25.7 Å². The van der Waals surface area contributed by atoms with E-state index in [-0.39, 0.29) is 12.2 Å². The molecule has 0 fully saturated rings. The number of urea groups is 1. The summed E-state index contributed by atoms with van der Waals surface area (Å²) in [6.45, 7) is 2.02. The number of benzene rings is 2. The van der Waals surface area contributed by atoms with Gasteiger partial charge in [0.1, 0.15) is 23.8 Å². The van der Waals surface area contributed by atoms with E-state index in [0.29, 0.717) is 34.2 Å². The molecular weight excluding hydrogens is 408 g/mol. The largest absolute Gasteiger partial charge is 0.497 e. The fraction of sp³-hybridized carbons (Fsp3) is 0.125. The van der Waals surface area contributed by atoms with Gasteiger partial charge in [0.25, 0.3) is 5.56 Å². The third-order valence-electron chi connectivity index (χ3n) is 4.71. The van der Waals surface area contributed by atoms with E-state index in [1.54, 1.807) is 61.8 Å². The first-order valence-electron chi connectivity index (χ1n) is 9.95. The predicted molar refractivity (Wildman–Crippen MR) is 123 cm³/mol. The fourth-order valence-corrected chi connectivity index (χ4v) is 3.16. The molecule has 4 aromatic rings. The zero-order chi connectivity index (χ0) is 22.5. The van der Waals surface area contributed by atoms with Crippen molar-refractivity contribution in [2.24, 2.45) is 0 Å². The first-order valence-corrected chi connectivity index (χ1v) is 9.95. The molecule has 2 N–H and O–H groups in total. The Bertz CT molecular complexity index is 1330. The van der Waals surface area contributed by atoms with Gasteiger partial charge < -0.3 is 20.1 Å². The van der Waals surface area contributed by atoms with Crippen molar-refractivity contribution in [2.45, 2.75) is 13.5 Å². The van der Waals surface area contributed by atoms with Crippen LogP contribution in [0.4, 0.5) is 16.2 Å². The Morgan fingerprint density at radius 2 is 1.88 bits per heavy atom. The minimum absolute atomic E-state index is 0.0792. The third-order valence-corrected chi connectivity index (χ3v) is 4.71. The minimum Gasteiger partial charge on any atom is -0.497 e. The van der Waals surface area contributed by atoms with Gasteiger partial charge in [0.05, 0.1) is 18.5 Å². The Morgan fingerprint density at radius 1 is 1.03 bits per heavy atom. The molecule has 8 heteroatoms. The van der Waals surface area contributed by atoms with Gasteiger partial charge in [-0.05, 0) is 48.9 Å². The Kier molecular flexibility index (Phi) is 6.03. The van der Waals surface area contributed by atoms with Crippen LogP contribution in [0.3, 0.4) is 0 Å². The summed E-state index contributed by atoms with van der Waals surface area (Å²) < 4.78 is 12.5. The average Bonchev–Trinajstić information content (AvgIpc) is 2.78. The number of amides is 2. The number of carbonyl (C=O) groups is 1. The number of pyridine rings is 1. The number of rotatable bonds is 6. The highest BCUT2D eigenvalue weighted by Crippen LogP contribution is 2.25. The highest BCUT2D eigenvalue weighted by Gasteiger charge is 2.10. The van der Waals surface area contributed by atoms with Crippen molar-refractivity contribution in [3.63, 3.8) is 0 Å². The second kappa shape index (κ2) is 9.22. The maximum Gasteiger partial charge on any atom is 0.323 e. The number of aromatic nitrogens is 2. The summed E-state index contributed by atoms with van der Waals surface area (Å²) >= 11 is 0. The normalized spacial score (nSPS) is 10.6. The van der Waals surface area contributed by atoms with E-state index in [4.69, 9.17) is 9.47 Å². The van der Waals surface area contributed by atoms with Crippen LogP contribution >= 0.6 is 0 Å². The summed E-state index contributed by atoms with van der Waals surface area (Å²) in [5, 5.41) is 5.54. The van der Waals surface area contributed by atoms with Crippen LogP contribution in [0, 0.1) is 6.92 Å². The summed E-state index contributed by atoms with van der Waals surface area (Å²) in [4.78, 5) is 29.3. The lowest BCUT2D eigenvalue weighted by molar-refractivity contribution is 0.261. The zero-order valence-electron chi connectivity index (χ0n) is 17.7. The van der Waals surface area contributed by atoms with Crippen molar-refractivity contribution in [1.82, 2.24) is 9.38 Å². The van der Waals surface area contributed by atoms with Gasteiger partial charge in [0.15, 0.2) is 0 Å². The summed E-state index contributed by atoms with van der Waals surface area (Å²) in [6, 6.07) is 18.8. The quantitative estimate of drug-likeness (QED) is 0.477. The van der Waals surface area contributed by atoms with Crippen LogP contribution in [0.1, 0.15) is 11.3 Å². The van der Waals surface area contributed by atoms with Crippen LogP contribution in [0.5, 0.6) is 11.5 Å². The smallest absolute Gasteiger partial charge is 0.323 e. The van der Waals surface area contributed by atoms with Crippen molar-refractivity contribution < 1.29 is 14.3 Å². The molecule has 4 rings (SSSR count). The fourth-order valence-electron chi connectivity index (χ4n) is 3.16. The van der Waals surface area contributed by atoms with E-state index in [1.165, 1.54) is 10.5 Å². The molecule has 0 bridgehead atoms. The average molecular weight is 430 g/mol. The first-order chi connectivity index (χ1) is 15.5. The van der Waals surface area contributed by atoms with Crippen LogP contribution in [-0.4, -0.2) is 22.5 Å². The number of para-hydroxylation sites is 2. The molecule has 0 aliphatic carbocycles. The number of nitrogens with zero attached hydrogens (tertiary/aromatic N) is 2. The molecule has 0 unspecified atom stereocenters. The number of carbonyl (C=O) groups excluding carboxylic acids is 1. The third kappa shape index (κ3) is 4.86. The summed E-state index contributed by atoms with van der Waals surface area (Å²) in [7, 11) is 1.56.